The second kappa shape index (κ2) is 5.72. The number of unbranched alkanes of at least 4 members (excludes halogenated alkanes) is 3. The molecule has 1 fully saturated rings. The van der Waals surface area contributed by atoms with Crippen LogP contribution in [0.3, 0.4) is 0 Å². The summed E-state index contributed by atoms with van der Waals surface area (Å²) in [7, 11) is 0. The summed E-state index contributed by atoms with van der Waals surface area (Å²) in [6.07, 6.45) is 6.30. The number of ether oxygens (including phenoxy) is 2. The van der Waals surface area contributed by atoms with Gasteiger partial charge in [-0.05, 0) is 12.8 Å². The van der Waals surface area contributed by atoms with Gasteiger partial charge in [0.05, 0.1) is 13.2 Å². The molecule has 2 heteroatoms. The lowest BCUT2D eigenvalue weighted by Crippen LogP contribution is -2.37. The second-order valence-electron chi connectivity index (χ2n) is 5.07. The lowest BCUT2D eigenvalue weighted by molar-refractivity contribution is -0.224. The Morgan fingerprint density at radius 3 is 2.29 bits per heavy atom. The van der Waals surface area contributed by atoms with E-state index in [0.29, 0.717) is 0 Å². The summed E-state index contributed by atoms with van der Waals surface area (Å²) in [6.45, 7) is 8.27. The van der Waals surface area contributed by atoms with Crippen LogP contribution in [0, 0.1) is 5.41 Å². The zero-order valence-electron chi connectivity index (χ0n) is 9.84. The zero-order valence-corrected chi connectivity index (χ0v) is 9.84. The molecule has 0 spiro atoms. The lowest BCUT2D eigenvalue weighted by Gasteiger charge is -2.34. The molecule has 0 radical (unpaired) electrons. The Morgan fingerprint density at radius 2 is 1.71 bits per heavy atom. The molecule has 14 heavy (non-hydrogen) atoms. The molecule has 84 valence electrons. The summed E-state index contributed by atoms with van der Waals surface area (Å²) in [6, 6.07) is 0. The molecule has 0 bridgehead atoms. The van der Waals surface area contributed by atoms with Gasteiger partial charge in [-0.1, -0.05) is 40.0 Å². The second-order valence-corrected chi connectivity index (χ2v) is 5.07. The van der Waals surface area contributed by atoms with Gasteiger partial charge >= 0.3 is 0 Å². The van der Waals surface area contributed by atoms with E-state index in [4.69, 9.17) is 9.47 Å². The Kier molecular flexibility index (Phi) is 4.90. The minimum absolute atomic E-state index is 0.0693. The van der Waals surface area contributed by atoms with Crippen LogP contribution in [0.5, 0.6) is 0 Å². The van der Waals surface area contributed by atoms with Crippen LogP contribution >= 0.6 is 0 Å². The van der Waals surface area contributed by atoms with Crippen LogP contribution in [-0.2, 0) is 9.47 Å². The molecule has 0 unspecified atom stereocenters. The standard InChI is InChI=1S/C12H24O2/c1-4-5-6-7-8-11-13-9-12(2,3)10-14-11/h11H,4-10H2,1-3H3. The quantitative estimate of drug-likeness (QED) is 0.634. The fraction of sp³-hybridized carbons (Fsp3) is 1.00. The summed E-state index contributed by atoms with van der Waals surface area (Å²) >= 11 is 0. The highest BCUT2D eigenvalue weighted by molar-refractivity contribution is 4.71. The molecular weight excluding hydrogens is 176 g/mol. The Labute approximate surface area is 88.0 Å². The third kappa shape index (κ3) is 4.43. The van der Waals surface area contributed by atoms with Gasteiger partial charge in [0.25, 0.3) is 0 Å². The molecule has 1 rings (SSSR count). The van der Waals surface area contributed by atoms with E-state index in [9.17, 15) is 0 Å². The number of rotatable bonds is 5. The van der Waals surface area contributed by atoms with Crippen LogP contribution in [0.15, 0.2) is 0 Å². The average molecular weight is 200 g/mol. The smallest absolute Gasteiger partial charge is 0.157 e. The van der Waals surface area contributed by atoms with Gasteiger partial charge in [0, 0.05) is 5.41 Å². The highest BCUT2D eigenvalue weighted by Crippen LogP contribution is 2.24. The number of hydrogen-bond donors (Lipinski definition) is 0. The van der Waals surface area contributed by atoms with Gasteiger partial charge in [-0.25, -0.2) is 0 Å². The fourth-order valence-corrected chi connectivity index (χ4v) is 1.63. The van der Waals surface area contributed by atoms with Gasteiger partial charge in [0.1, 0.15) is 0 Å². The Balaban J connectivity index is 2.04. The summed E-state index contributed by atoms with van der Waals surface area (Å²) in [5.74, 6) is 0. The third-order valence-electron chi connectivity index (χ3n) is 2.61. The molecule has 0 saturated carbocycles. The topological polar surface area (TPSA) is 18.5 Å². The number of hydrogen-bond acceptors (Lipinski definition) is 2. The van der Waals surface area contributed by atoms with Crippen molar-refractivity contribution in [2.75, 3.05) is 13.2 Å². The first-order chi connectivity index (χ1) is 6.64. The first-order valence-corrected chi connectivity index (χ1v) is 5.87. The monoisotopic (exact) mass is 200 g/mol. The molecule has 1 saturated heterocycles. The van der Waals surface area contributed by atoms with Gasteiger partial charge < -0.3 is 9.47 Å². The Hall–Kier alpha value is -0.0800. The van der Waals surface area contributed by atoms with Crippen LogP contribution in [0.4, 0.5) is 0 Å². The van der Waals surface area contributed by atoms with E-state index >= 15 is 0 Å². The van der Waals surface area contributed by atoms with Crippen LogP contribution in [-0.4, -0.2) is 19.5 Å². The molecule has 0 amide bonds. The van der Waals surface area contributed by atoms with E-state index in [1.807, 2.05) is 0 Å². The molecule has 0 aromatic carbocycles. The van der Waals surface area contributed by atoms with E-state index in [2.05, 4.69) is 20.8 Å². The summed E-state index contributed by atoms with van der Waals surface area (Å²) < 4.78 is 11.3. The van der Waals surface area contributed by atoms with Crippen molar-refractivity contribution in [3.8, 4) is 0 Å². The average Bonchev–Trinajstić information content (AvgIpc) is 2.15. The highest BCUT2D eigenvalue weighted by atomic mass is 16.7. The Morgan fingerprint density at radius 1 is 1.07 bits per heavy atom. The van der Waals surface area contributed by atoms with Crippen molar-refractivity contribution >= 4 is 0 Å². The van der Waals surface area contributed by atoms with Crippen molar-refractivity contribution < 1.29 is 9.47 Å². The molecule has 0 N–H and O–H groups in total. The van der Waals surface area contributed by atoms with Gasteiger partial charge in [-0.15, -0.1) is 0 Å². The van der Waals surface area contributed by atoms with Crippen LogP contribution in [0.25, 0.3) is 0 Å². The van der Waals surface area contributed by atoms with Crippen molar-refractivity contribution in [2.24, 2.45) is 5.41 Å². The minimum atomic E-state index is 0.0693. The predicted molar refractivity (Wildman–Crippen MR) is 58.2 cm³/mol. The summed E-state index contributed by atoms with van der Waals surface area (Å²) in [4.78, 5) is 0. The largest absolute Gasteiger partial charge is 0.352 e. The van der Waals surface area contributed by atoms with Crippen LogP contribution in [0.2, 0.25) is 0 Å². The van der Waals surface area contributed by atoms with Crippen LogP contribution in [0.1, 0.15) is 52.9 Å². The van der Waals surface area contributed by atoms with E-state index in [1.54, 1.807) is 0 Å². The molecular formula is C12H24O2. The summed E-state index contributed by atoms with van der Waals surface area (Å²) in [5, 5.41) is 0. The zero-order chi connectivity index (χ0) is 10.4. The molecule has 1 aliphatic heterocycles. The predicted octanol–water partition coefficient (Wildman–Crippen LogP) is 3.36. The molecule has 0 atom stereocenters. The van der Waals surface area contributed by atoms with Crippen molar-refractivity contribution in [1.29, 1.82) is 0 Å². The third-order valence-corrected chi connectivity index (χ3v) is 2.61. The Bertz CT molecular complexity index is 144. The van der Waals surface area contributed by atoms with E-state index < -0.39 is 0 Å². The molecule has 2 nitrogen and oxygen atoms in total. The van der Waals surface area contributed by atoms with Gasteiger partial charge in [0.15, 0.2) is 6.29 Å². The maximum absolute atomic E-state index is 5.65. The van der Waals surface area contributed by atoms with Crippen molar-refractivity contribution in [1.82, 2.24) is 0 Å². The molecule has 1 heterocycles. The van der Waals surface area contributed by atoms with E-state index in [-0.39, 0.29) is 11.7 Å². The van der Waals surface area contributed by atoms with Crippen molar-refractivity contribution in [2.45, 2.75) is 59.2 Å². The minimum Gasteiger partial charge on any atom is -0.352 e. The maximum Gasteiger partial charge on any atom is 0.157 e. The van der Waals surface area contributed by atoms with Gasteiger partial charge in [0.2, 0.25) is 0 Å². The molecule has 0 aromatic rings. The van der Waals surface area contributed by atoms with Gasteiger partial charge in [-0.3, -0.25) is 0 Å². The van der Waals surface area contributed by atoms with E-state index in [0.717, 1.165) is 19.6 Å². The first-order valence-electron chi connectivity index (χ1n) is 5.87. The normalized spacial score (nSPS) is 22.5. The lowest BCUT2D eigenvalue weighted by atomic mass is 9.95. The highest BCUT2D eigenvalue weighted by Gasteiger charge is 2.27. The summed E-state index contributed by atoms with van der Waals surface area (Å²) in [5.41, 5.74) is 0.208. The maximum atomic E-state index is 5.65. The molecule has 0 aromatic heterocycles. The molecule has 1 aliphatic rings. The SMILES string of the molecule is CCCCCCC1OCC(C)(C)CO1. The van der Waals surface area contributed by atoms with Crippen molar-refractivity contribution in [3.05, 3.63) is 0 Å². The van der Waals surface area contributed by atoms with Crippen molar-refractivity contribution in [3.63, 3.8) is 0 Å². The van der Waals surface area contributed by atoms with Crippen LogP contribution < -0.4 is 0 Å². The molecule has 0 aliphatic carbocycles. The first kappa shape index (κ1) is 12.0. The van der Waals surface area contributed by atoms with E-state index in [1.165, 1.54) is 25.7 Å². The fourth-order valence-electron chi connectivity index (χ4n) is 1.63. The van der Waals surface area contributed by atoms with Gasteiger partial charge in [-0.2, -0.15) is 0 Å².